The van der Waals surface area contributed by atoms with Crippen LogP contribution in [0, 0.1) is 10.1 Å². The summed E-state index contributed by atoms with van der Waals surface area (Å²) in [6.07, 6.45) is 0.960. The van der Waals surface area contributed by atoms with Crippen molar-refractivity contribution in [3.63, 3.8) is 0 Å². The zero-order valence-corrected chi connectivity index (χ0v) is 16.4. The Hall–Kier alpha value is -2.91. The van der Waals surface area contributed by atoms with Crippen molar-refractivity contribution < 1.29 is 9.72 Å². The molecule has 0 aliphatic heterocycles. The number of thioether (sulfide) groups is 1. The highest BCUT2D eigenvalue weighted by atomic mass is 35.5. The van der Waals surface area contributed by atoms with E-state index >= 15 is 0 Å². The van der Waals surface area contributed by atoms with Crippen LogP contribution >= 0.6 is 23.4 Å². The number of amides is 1. The number of aromatic amines is 1. The molecule has 144 valence electrons. The molecule has 1 heterocycles. The number of nitrogens with one attached hydrogen (secondary N) is 2. The van der Waals surface area contributed by atoms with E-state index in [1.807, 2.05) is 24.3 Å². The van der Waals surface area contributed by atoms with E-state index in [2.05, 4.69) is 27.4 Å². The van der Waals surface area contributed by atoms with E-state index in [0.717, 1.165) is 23.7 Å². The maximum absolute atomic E-state index is 12.1. The van der Waals surface area contributed by atoms with Crippen molar-refractivity contribution in [1.82, 2.24) is 15.2 Å². The Morgan fingerprint density at radius 2 is 2.04 bits per heavy atom. The molecule has 0 atom stereocenters. The van der Waals surface area contributed by atoms with Crippen molar-refractivity contribution >= 4 is 40.6 Å². The van der Waals surface area contributed by atoms with Gasteiger partial charge in [-0.15, -0.1) is 5.10 Å². The highest BCUT2D eigenvalue weighted by Crippen LogP contribution is 2.27. The van der Waals surface area contributed by atoms with Gasteiger partial charge in [-0.05, 0) is 18.1 Å². The van der Waals surface area contributed by atoms with Crippen molar-refractivity contribution in [3.05, 3.63) is 63.2 Å². The van der Waals surface area contributed by atoms with Crippen LogP contribution in [-0.4, -0.2) is 31.8 Å². The van der Waals surface area contributed by atoms with Gasteiger partial charge in [0.15, 0.2) is 5.82 Å². The van der Waals surface area contributed by atoms with Gasteiger partial charge in [0, 0.05) is 17.7 Å². The molecule has 0 radical (unpaired) electrons. The number of aromatic nitrogens is 3. The Morgan fingerprint density at radius 1 is 1.29 bits per heavy atom. The molecule has 0 aliphatic carbocycles. The van der Waals surface area contributed by atoms with E-state index in [1.54, 1.807) is 0 Å². The number of H-pyrrole nitrogens is 1. The van der Waals surface area contributed by atoms with Crippen LogP contribution in [0.2, 0.25) is 5.02 Å². The molecule has 2 aromatic carbocycles. The number of benzene rings is 2. The van der Waals surface area contributed by atoms with Crippen LogP contribution in [0.1, 0.15) is 12.5 Å². The van der Waals surface area contributed by atoms with Crippen LogP contribution in [0.15, 0.2) is 47.6 Å². The Balaban J connectivity index is 1.60. The number of nitro benzene ring substituents is 1. The van der Waals surface area contributed by atoms with Crippen molar-refractivity contribution in [2.45, 2.75) is 18.5 Å². The summed E-state index contributed by atoms with van der Waals surface area (Å²) in [5.74, 6) is 0.281. The molecule has 28 heavy (non-hydrogen) atoms. The molecule has 0 fully saturated rings. The van der Waals surface area contributed by atoms with Gasteiger partial charge in [-0.25, -0.2) is 4.98 Å². The Morgan fingerprint density at radius 3 is 2.71 bits per heavy atom. The number of halogens is 1. The number of rotatable bonds is 7. The van der Waals surface area contributed by atoms with Gasteiger partial charge in [-0.1, -0.05) is 54.6 Å². The number of hydrogen-bond acceptors (Lipinski definition) is 6. The number of carbonyl (C=O) groups is 1. The number of aryl methyl sites for hydroxylation is 1. The first-order chi connectivity index (χ1) is 13.5. The van der Waals surface area contributed by atoms with Gasteiger partial charge in [0.2, 0.25) is 11.1 Å². The minimum atomic E-state index is -0.553. The molecule has 0 unspecified atom stereocenters. The van der Waals surface area contributed by atoms with Gasteiger partial charge in [0.05, 0.1) is 21.4 Å². The van der Waals surface area contributed by atoms with Gasteiger partial charge < -0.3 is 5.32 Å². The average molecular weight is 418 g/mol. The Bertz CT molecular complexity index is 1010. The van der Waals surface area contributed by atoms with Crippen LogP contribution in [-0.2, 0) is 11.2 Å². The van der Waals surface area contributed by atoms with E-state index < -0.39 is 4.92 Å². The fourth-order valence-corrected chi connectivity index (χ4v) is 3.14. The second kappa shape index (κ2) is 8.85. The molecular weight excluding hydrogens is 402 g/mol. The first-order valence-corrected chi connectivity index (χ1v) is 9.71. The smallest absolute Gasteiger partial charge is 0.271 e. The molecule has 8 nitrogen and oxygen atoms in total. The van der Waals surface area contributed by atoms with Gasteiger partial charge in [-0.2, -0.15) is 0 Å². The third kappa shape index (κ3) is 4.87. The van der Waals surface area contributed by atoms with E-state index in [0.29, 0.717) is 11.0 Å². The lowest BCUT2D eigenvalue weighted by atomic mass is 10.1. The summed E-state index contributed by atoms with van der Waals surface area (Å²) in [4.78, 5) is 26.8. The van der Waals surface area contributed by atoms with Crippen molar-refractivity contribution in [2.75, 3.05) is 11.1 Å². The number of nitro groups is 1. The molecule has 2 N–H and O–H groups in total. The summed E-state index contributed by atoms with van der Waals surface area (Å²) in [6.45, 7) is 2.09. The fraction of sp³-hybridized carbons (Fsp3) is 0.167. The van der Waals surface area contributed by atoms with Gasteiger partial charge in [-0.3, -0.25) is 20.0 Å². The summed E-state index contributed by atoms with van der Waals surface area (Å²) >= 11 is 7.13. The lowest BCUT2D eigenvalue weighted by Gasteiger charge is -2.06. The predicted octanol–water partition coefficient (Wildman–Crippen LogP) is 4.33. The molecule has 3 aromatic rings. The highest BCUT2D eigenvalue weighted by Gasteiger charge is 2.13. The molecule has 10 heteroatoms. The number of nitrogens with zero attached hydrogens (tertiary/aromatic N) is 3. The van der Waals surface area contributed by atoms with E-state index in [9.17, 15) is 14.9 Å². The largest absolute Gasteiger partial charge is 0.324 e. The van der Waals surface area contributed by atoms with Crippen molar-refractivity contribution in [2.24, 2.45) is 0 Å². The number of carbonyl (C=O) groups excluding carboxylic acids is 1. The van der Waals surface area contributed by atoms with Crippen LogP contribution < -0.4 is 5.32 Å². The van der Waals surface area contributed by atoms with Crippen molar-refractivity contribution in [1.29, 1.82) is 0 Å². The molecule has 0 saturated heterocycles. The molecule has 1 amide bonds. The molecule has 0 aliphatic rings. The SMILES string of the molecule is CCc1ccc(-c2nc(SCC(=O)Nc3cc([N+](=O)[O-])ccc3Cl)n[nH]2)cc1. The standard InChI is InChI=1S/C18H16ClN5O3S/c1-2-11-3-5-12(6-4-11)17-21-18(23-22-17)28-10-16(25)20-15-9-13(24(26)27)7-8-14(15)19/h3-9H,2,10H2,1H3,(H,20,25)(H,21,22,23). The van der Waals surface area contributed by atoms with E-state index in [1.165, 1.54) is 23.8 Å². The van der Waals surface area contributed by atoms with Gasteiger partial charge >= 0.3 is 0 Å². The molecule has 0 saturated carbocycles. The molecular formula is C18H16ClN5O3S. The third-order valence-corrected chi connectivity index (χ3v) is 5.04. The summed E-state index contributed by atoms with van der Waals surface area (Å²) in [5.41, 5.74) is 2.17. The first-order valence-electron chi connectivity index (χ1n) is 8.34. The lowest BCUT2D eigenvalue weighted by molar-refractivity contribution is -0.384. The summed E-state index contributed by atoms with van der Waals surface area (Å²) in [7, 11) is 0. The molecule has 3 rings (SSSR count). The second-order valence-electron chi connectivity index (χ2n) is 5.78. The quantitative estimate of drug-likeness (QED) is 0.336. The predicted molar refractivity (Wildman–Crippen MR) is 109 cm³/mol. The fourth-order valence-electron chi connectivity index (χ4n) is 2.38. The monoisotopic (exact) mass is 417 g/mol. The number of hydrogen-bond donors (Lipinski definition) is 2. The third-order valence-electron chi connectivity index (χ3n) is 3.87. The number of anilines is 1. The summed E-state index contributed by atoms with van der Waals surface area (Å²) in [5, 5.41) is 21.0. The average Bonchev–Trinajstić information content (AvgIpc) is 3.17. The second-order valence-corrected chi connectivity index (χ2v) is 7.12. The molecule has 0 bridgehead atoms. The summed E-state index contributed by atoms with van der Waals surface area (Å²) in [6, 6.07) is 11.8. The summed E-state index contributed by atoms with van der Waals surface area (Å²) < 4.78 is 0. The maximum atomic E-state index is 12.1. The van der Waals surface area contributed by atoms with E-state index in [-0.39, 0.29) is 28.1 Å². The van der Waals surface area contributed by atoms with Gasteiger partial charge in [0.1, 0.15) is 0 Å². The van der Waals surface area contributed by atoms with Crippen molar-refractivity contribution in [3.8, 4) is 11.4 Å². The minimum absolute atomic E-state index is 0.0328. The highest BCUT2D eigenvalue weighted by molar-refractivity contribution is 7.99. The van der Waals surface area contributed by atoms with Crippen LogP contribution in [0.4, 0.5) is 11.4 Å². The van der Waals surface area contributed by atoms with E-state index in [4.69, 9.17) is 11.6 Å². The van der Waals surface area contributed by atoms with Crippen LogP contribution in [0.3, 0.4) is 0 Å². The van der Waals surface area contributed by atoms with Gasteiger partial charge in [0.25, 0.3) is 5.69 Å². The number of non-ortho nitro benzene ring substituents is 1. The zero-order valence-electron chi connectivity index (χ0n) is 14.8. The maximum Gasteiger partial charge on any atom is 0.271 e. The lowest BCUT2D eigenvalue weighted by Crippen LogP contribution is -2.14. The Kier molecular flexibility index (Phi) is 6.27. The normalized spacial score (nSPS) is 10.6. The zero-order chi connectivity index (χ0) is 20.1. The Labute approximate surface area is 169 Å². The molecule has 0 spiro atoms. The van der Waals surface area contributed by atoms with Crippen LogP contribution in [0.5, 0.6) is 0 Å². The van der Waals surface area contributed by atoms with Crippen LogP contribution in [0.25, 0.3) is 11.4 Å². The first kappa shape index (κ1) is 19.8. The topological polar surface area (TPSA) is 114 Å². The minimum Gasteiger partial charge on any atom is -0.324 e. The molecule has 1 aromatic heterocycles.